The zero-order valence-corrected chi connectivity index (χ0v) is 45.2. The predicted octanol–water partition coefficient (Wildman–Crippen LogP) is 3.68. The minimum absolute atomic E-state index is 0.0659. The number of fused-ring (bicyclic) bond motifs is 1. The molecule has 78 heavy (non-hydrogen) atoms. The van der Waals surface area contributed by atoms with Gasteiger partial charge in [0.15, 0.2) is 38.8 Å². The van der Waals surface area contributed by atoms with Crippen molar-refractivity contribution in [3.05, 3.63) is 87.8 Å². The summed E-state index contributed by atoms with van der Waals surface area (Å²) >= 11 is 13.0. The van der Waals surface area contributed by atoms with Gasteiger partial charge in [-0.1, -0.05) is 35.0 Å². The molecular formula is C46H60Cl2F3N8O17PS. The Morgan fingerprint density at radius 1 is 0.821 bits per heavy atom. The lowest BCUT2D eigenvalue weighted by atomic mass is 10.2. The van der Waals surface area contributed by atoms with Gasteiger partial charge in [-0.2, -0.15) is 15.1 Å². The molecule has 5 aromatic rings. The molecule has 0 bridgehead atoms. The third kappa shape index (κ3) is 21.5. The summed E-state index contributed by atoms with van der Waals surface area (Å²) in [4.78, 5) is 40.9. The van der Waals surface area contributed by atoms with E-state index < -0.39 is 76.3 Å². The van der Waals surface area contributed by atoms with Crippen LogP contribution in [0.1, 0.15) is 30.3 Å². The number of carbonyl (C=O) groups is 1. The summed E-state index contributed by atoms with van der Waals surface area (Å²) in [6.45, 7) is 5.47. The fraction of sp³-hybridized carbons (Fsp3) is 0.565. The number of carbonyl (C=O) groups excluding carboxylic acids is 1. The van der Waals surface area contributed by atoms with Gasteiger partial charge in [0, 0.05) is 36.7 Å². The predicted molar refractivity (Wildman–Crippen MR) is 270 cm³/mol. The fourth-order valence-corrected chi connectivity index (χ4v) is 11.1. The lowest BCUT2D eigenvalue weighted by molar-refractivity contribution is -0.136. The molecule has 3 N–H and O–H groups in total. The van der Waals surface area contributed by atoms with Crippen molar-refractivity contribution in [1.29, 1.82) is 0 Å². The van der Waals surface area contributed by atoms with E-state index in [2.05, 4.69) is 30.1 Å². The number of hydrogen-bond donors (Lipinski definition) is 3. The van der Waals surface area contributed by atoms with Gasteiger partial charge in [-0.25, -0.2) is 31.0 Å². The molecule has 0 saturated carbocycles. The molecule has 1 aliphatic rings. The third-order valence-corrected chi connectivity index (χ3v) is 15.2. The van der Waals surface area contributed by atoms with Crippen LogP contribution in [0.15, 0.2) is 48.8 Å². The van der Waals surface area contributed by atoms with E-state index in [9.17, 15) is 45.8 Å². The highest BCUT2D eigenvalue weighted by Crippen LogP contribution is 2.39. The number of aliphatic hydroxyl groups excluding tert-OH is 1. The first-order valence-corrected chi connectivity index (χ1v) is 28.7. The number of nitrogens with zero attached hydrogens (tertiary/aromatic N) is 8. The molecule has 25 nitrogen and oxygen atoms in total. The first kappa shape index (κ1) is 62.7. The average molecular weight is 1190 g/mol. The Morgan fingerprint density at radius 3 is 2.04 bits per heavy atom. The SMILES string of the molecule is O=C(CCOCCOCCOCCOCCn1cc(COCCOCCOCCOCCN(Cc2ccccc2Cl)c2nc(Cl)nc3c2cnn3[C@@H]2O[C@H](CS(=O)(=O)CP(=O)(O)O)C[C@H]2O)nn1)Oc1c(F)cc(F)cc1F. The Labute approximate surface area is 456 Å². The summed E-state index contributed by atoms with van der Waals surface area (Å²) < 4.78 is 134. The number of halogens is 5. The van der Waals surface area contributed by atoms with Crippen molar-refractivity contribution in [3.63, 3.8) is 0 Å². The van der Waals surface area contributed by atoms with Gasteiger partial charge < -0.3 is 67.2 Å². The first-order chi connectivity index (χ1) is 37.4. The van der Waals surface area contributed by atoms with Crippen molar-refractivity contribution in [1.82, 2.24) is 34.7 Å². The van der Waals surface area contributed by atoms with Gasteiger partial charge in [-0.15, -0.1) is 5.10 Å². The van der Waals surface area contributed by atoms with E-state index in [4.69, 9.17) is 65.8 Å². The van der Waals surface area contributed by atoms with Crippen molar-refractivity contribution in [2.45, 2.75) is 51.0 Å². The largest absolute Gasteiger partial charge is 0.420 e. The van der Waals surface area contributed by atoms with Crippen LogP contribution < -0.4 is 9.64 Å². The minimum Gasteiger partial charge on any atom is -0.420 e. The second-order valence-corrected chi connectivity index (χ2v) is 22.0. The van der Waals surface area contributed by atoms with Gasteiger partial charge in [0.25, 0.3) is 0 Å². The number of hydrogen-bond acceptors (Lipinski definition) is 21. The number of ether oxygens (including phenoxy) is 10. The van der Waals surface area contributed by atoms with Crippen molar-refractivity contribution in [2.75, 3.05) is 122 Å². The zero-order valence-electron chi connectivity index (χ0n) is 42.0. The molecule has 0 spiro atoms. The van der Waals surface area contributed by atoms with Crippen LogP contribution >= 0.6 is 30.8 Å². The van der Waals surface area contributed by atoms with Crippen LogP contribution in [0.5, 0.6) is 5.75 Å². The van der Waals surface area contributed by atoms with Crippen LogP contribution in [-0.4, -0.2) is 193 Å². The van der Waals surface area contributed by atoms with Crippen LogP contribution in [0.4, 0.5) is 19.0 Å². The maximum absolute atomic E-state index is 13.6. The van der Waals surface area contributed by atoms with E-state index in [1.807, 2.05) is 17.0 Å². The van der Waals surface area contributed by atoms with Gasteiger partial charge in [0.05, 0.1) is 148 Å². The van der Waals surface area contributed by atoms with E-state index in [1.54, 1.807) is 23.0 Å². The van der Waals surface area contributed by atoms with E-state index in [1.165, 1.54) is 10.9 Å². The molecule has 0 radical (unpaired) electrons. The number of anilines is 1. The lowest BCUT2D eigenvalue weighted by Crippen LogP contribution is -2.29. The first-order valence-electron chi connectivity index (χ1n) is 24.3. The zero-order chi connectivity index (χ0) is 55.9. The molecule has 0 unspecified atom stereocenters. The summed E-state index contributed by atoms with van der Waals surface area (Å²) in [7, 11) is -9.09. The molecule has 0 amide bonds. The summed E-state index contributed by atoms with van der Waals surface area (Å²) in [5, 5.41) is 24.3. The quantitative estimate of drug-likeness (QED) is 0.0167. The standard InChI is InChI=1S/C46H60Cl2F3N8O17PS/c47-37-4-2-1-3-32(37)27-57(43-36-26-52-59(44(36)54-46(48)53-43)45-40(60)25-35(75-45)30-78(65,66)31-77(62,63)64)6-9-68-12-15-71-19-20-73-21-22-74-29-34-28-58(56-55-34)7-10-69-13-16-72-18-17-70-14-11-67-8-5-41(61)76-42-38(50)23-33(49)24-39(42)51/h1-4,23-24,26,28,35,40,45,60H,5-22,25,27,29-31H2,(H2,62,63,64)/t35-,40+,45+/m0/s1. The van der Waals surface area contributed by atoms with Crippen LogP contribution in [0.25, 0.3) is 11.0 Å². The highest BCUT2D eigenvalue weighted by molar-refractivity contribution is 7.97. The molecule has 0 aliphatic carbocycles. The normalized spacial score (nSPS) is 15.9. The molecule has 4 heterocycles. The molecule has 3 aromatic heterocycles. The second kappa shape index (κ2) is 32.1. The van der Waals surface area contributed by atoms with Gasteiger partial charge >= 0.3 is 13.6 Å². The number of benzene rings is 2. The molecule has 3 atom stereocenters. The van der Waals surface area contributed by atoms with Gasteiger partial charge in [-0.05, 0) is 23.2 Å². The monoisotopic (exact) mass is 1190 g/mol. The van der Waals surface area contributed by atoms with Gasteiger partial charge in [-0.3, -0.25) is 9.36 Å². The number of aromatic nitrogens is 7. The van der Waals surface area contributed by atoms with Crippen molar-refractivity contribution >= 4 is 63.5 Å². The van der Waals surface area contributed by atoms with Crippen LogP contribution in [0, 0.1) is 17.5 Å². The van der Waals surface area contributed by atoms with Crippen molar-refractivity contribution in [2.24, 2.45) is 0 Å². The summed E-state index contributed by atoms with van der Waals surface area (Å²) in [5.74, 6) is -6.01. The molecule has 2 aromatic carbocycles. The van der Waals surface area contributed by atoms with E-state index in [-0.39, 0.29) is 70.0 Å². The summed E-state index contributed by atoms with van der Waals surface area (Å²) in [5.41, 5.74) is 0.263. The van der Waals surface area contributed by atoms with Crippen LogP contribution in [0.3, 0.4) is 0 Å². The van der Waals surface area contributed by atoms with Crippen LogP contribution in [0.2, 0.25) is 10.3 Å². The number of rotatable bonds is 38. The third-order valence-electron chi connectivity index (χ3n) is 10.9. The maximum Gasteiger partial charge on any atom is 0.340 e. The average Bonchev–Trinajstić information content (AvgIpc) is 4.12. The molecule has 432 valence electrons. The lowest BCUT2D eigenvalue weighted by Gasteiger charge is -2.25. The van der Waals surface area contributed by atoms with E-state index in [0.717, 1.165) is 5.56 Å². The number of sulfone groups is 1. The Morgan fingerprint density at radius 2 is 1.41 bits per heavy atom. The van der Waals surface area contributed by atoms with Gasteiger partial charge in [0.2, 0.25) is 11.0 Å². The second-order valence-electron chi connectivity index (χ2n) is 17.0. The molecule has 6 rings (SSSR count). The Balaban J connectivity index is 0.775. The molecule has 1 aliphatic heterocycles. The Bertz CT molecular complexity index is 2800. The molecule has 1 fully saturated rings. The smallest absolute Gasteiger partial charge is 0.340 e. The van der Waals surface area contributed by atoms with E-state index >= 15 is 0 Å². The van der Waals surface area contributed by atoms with Crippen molar-refractivity contribution < 1.29 is 93.2 Å². The molecule has 32 heteroatoms. The minimum atomic E-state index is -4.86. The summed E-state index contributed by atoms with van der Waals surface area (Å²) in [6.07, 6.45) is -0.684. The summed E-state index contributed by atoms with van der Waals surface area (Å²) in [6, 6.07) is 8.10. The maximum atomic E-state index is 13.6. The highest BCUT2D eigenvalue weighted by Gasteiger charge is 2.40. The fourth-order valence-electron chi connectivity index (χ4n) is 7.45. The topological polar surface area (TPSA) is 299 Å². The molecule has 1 saturated heterocycles. The number of esters is 1. The highest BCUT2D eigenvalue weighted by atomic mass is 35.5. The van der Waals surface area contributed by atoms with Crippen molar-refractivity contribution in [3.8, 4) is 5.75 Å². The van der Waals surface area contributed by atoms with Gasteiger partial charge in [0.1, 0.15) is 23.4 Å². The van der Waals surface area contributed by atoms with Crippen LogP contribution in [-0.2, 0) is 81.5 Å². The van der Waals surface area contributed by atoms with E-state index in [0.29, 0.717) is 113 Å². The Kier molecular flexibility index (Phi) is 25.7. The Hall–Kier alpha value is -4.53. The number of aliphatic hydroxyl groups is 1. The molecular weight excluding hydrogens is 1130 g/mol.